The van der Waals surface area contributed by atoms with Crippen LogP contribution in [0.15, 0.2) is 53.0 Å². The first-order valence-corrected chi connectivity index (χ1v) is 8.05. The Balaban J connectivity index is 1.85. The quantitative estimate of drug-likeness (QED) is 0.531. The van der Waals surface area contributed by atoms with E-state index in [-0.39, 0.29) is 12.4 Å². The fourth-order valence-corrected chi connectivity index (χ4v) is 2.21. The zero-order chi connectivity index (χ0) is 17.5. The van der Waals surface area contributed by atoms with Crippen LogP contribution in [-0.2, 0) is 9.53 Å². The Labute approximate surface area is 148 Å². The average Bonchev–Trinajstić information content (AvgIpc) is 2.60. The van der Waals surface area contributed by atoms with Gasteiger partial charge in [0.1, 0.15) is 11.5 Å². The second-order valence-electron chi connectivity index (χ2n) is 4.97. The van der Waals surface area contributed by atoms with Gasteiger partial charge in [0.05, 0.1) is 7.11 Å². The molecule has 0 saturated heterocycles. The summed E-state index contributed by atoms with van der Waals surface area (Å²) in [6.45, 7) is 1.27. The van der Waals surface area contributed by atoms with E-state index in [1.807, 2.05) is 0 Å². The minimum absolute atomic E-state index is 0.262. The molecular weight excluding hydrogens is 376 g/mol. The van der Waals surface area contributed by atoms with Crippen LogP contribution in [0.2, 0.25) is 0 Å². The molecule has 2 aromatic rings. The van der Waals surface area contributed by atoms with Crippen molar-refractivity contribution < 1.29 is 23.8 Å². The Bertz CT molecular complexity index is 694. The Kier molecular flexibility index (Phi) is 6.37. The molecule has 0 amide bonds. The number of halogens is 1. The Morgan fingerprint density at radius 3 is 2.17 bits per heavy atom. The van der Waals surface area contributed by atoms with Crippen LogP contribution in [0.1, 0.15) is 17.3 Å². The van der Waals surface area contributed by atoms with Crippen molar-refractivity contribution in [2.75, 3.05) is 13.7 Å². The molecule has 6 heteroatoms. The van der Waals surface area contributed by atoms with E-state index in [0.29, 0.717) is 17.1 Å². The normalized spacial score (nSPS) is 11.5. The zero-order valence-electron chi connectivity index (χ0n) is 13.3. The number of esters is 1. The molecule has 0 aliphatic rings. The Morgan fingerprint density at radius 1 is 1.00 bits per heavy atom. The Morgan fingerprint density at radius 2 is 1.58 bits per heavy atom. The number of hydrogen-bond acceptors (Lipinski definition) is 5. The molecule has 0 bridgehead atoms. The SMILES string of the molecule is COc1ccc(C(=O)[C@H](C)OC(=O)COc2ccc(Br)cc2)cc1. The lowest BCUT2D eigenvalue weighted by Crippen LogP contribution is -2.27. The van der Waals surface area contributed by atoms with E-state index in [9.17, 15) is 9.59 Å². The third-order valence-electron chi connectivity index (χ3n) is 3.22. The van der Waals surface area contributed by atoms with Gasteiger partial charge in [-0.2, -0.15) is 0 Å². The van der Waals surface area contributed by atoms with E-state index in [2.05, 4.69) is 15.9 Å². The summed E-state index contributed by atoms with van der Waals surface area (Å²) in [5.41, 5.74) is 0.449. The molecule has 0 radical (unpaired) electrons. The monoisotopic (exact) mass is 392 g/mol. The van der Waals surface area contributed by atoms with Crippen LogP contribution in [0, 0.1) is 0 Å². The highest BCUT2D eigenvalue weighted by atomic mass is 79.9. The summed E-state index contributed by atoms with van der Waals surface area (Å²) in [5, 5.41) is 0. The summed E-state index contributed by atoms with van der Waals surface area (Å²) < 4.78 is 16.4. The van der Waals surface area contributed by atoms with E-state index in [1.54, 1.807) is 55.6 Å². The van der Waals surface area contributed by atoms with Crippen LogP contribution in [-0.4, -0.2) is 31.6 Å². The maximum absolute atomic E-state index is 12.2. The van der Waals surface area contributed by atoms with Gasteiger partial charge in [-0.05, 0) is 55.5 Å². The first kappa shape index (κ1) is 18.0. The maximum atomic E-state index is 12.2. The first-order valence-electron chi connectivity index (χ1n) is 7.25. The van der Waals surface area contributed by atoms with Crippen molar-refractivity contribution in [3.63, 3.8) is 0 Å². The van der Waals surface area contributed by atoms with Crippen LogP contribution in [0.5, 0.6) is 11.5 Å². The maximum Gasteiger partial charge on any atom is 0.344 e. The molecule has 0 spiro atoms. The molecule has 0 aliphatic carbocycles. The smallest absolute Gasteiger partial charge is 0.344 e. The summed E-state index contributed by atoms with van der Waals surface area (Å²) in [6, 6.07) is 13.7. The van der Waals surface area contributed by atoms with Gasteiger partial charge < -0.3 is 14.2 Å². The lowest BCUT2D eigenvalue weighted by Gasteiger charge is -2.13. The molecule has 0 saturated carbocycles. The van der Waals surface area contributed by atoms with Crippen molar-refractivity contribution in [3.8, 4) is 11.5 Å². The molecule has 1 atom stereocenters. The Hall–Kier alpha value is -2.34. The van der Waals surface area contributed by atoms with Crippen molar-refractivity contribution in [1.29, 1.82) is 0 Å². The number of ketones is 1. The summed E-state index contributed by atoms with van der Waals surface area (Å²) in [4.78, 5) is 24.0. The highest BCUT2D eigenvalue weighted by Crippen LogP contribution is 2.16. The number of Topliss-reactive ketones (excluding diaryl/α,β-unsaturated/α-hetero) is 1. The lowest BCUT2D eigenvalue weighted by atomic mass is 10.1. The van der Waals surface area contributed by atoms with Crippen LogP contribution in [0.4, 0.5) is 0 Å². The summed E-state index contributed by atoms with van der Waals surface area (Å²) in [5.74, 6) is 0.310. The molecule has 5 nitrogen and oxygen atoms in total. The number of methoxy groups -OCH3 is 1. The van der Waals surface area contributed by atoms with E-state index in [0.717, 1.165) is 4.47 Å². The van der Waals surface area contributed by atoms with E-state index < -0.39 is 12.1 Å². The summed E-state index contributed by atoms with van der Waals surface area (Å²) >= 11 is 3.31. The first-order chi connectivity index (χ1) is 11.5. The average molecular weight is 393 g/mol. The standard InChI is InChI=1S/C18H17BrO5/c1-12(18(21)13-3-7-15(22-2)8-4-13)24-17(20)11-23-16-9-5-14(19)6-10-16/h3-10,12H,11H2,1-2H3/t12-/m0/s1. The summed E-state index contributed by atoms with van der Waals surface area (Å²) in [6.07, 6.45) is -0.889. The molecule has 2 rings (SSSR count). The van der Waals surface area contributed by atoms with Gasteiger partial charge in [0.15, 0.2) is 12.7 Å². The van der Waals surface area contributed by atoms with Crippen molar-refractivity contribution >= 4 is 27.7 Å². The topological polar surface area (TPSA) is 61.8 Å². The van der Waals surface area contributed by atoms with Crippen LogP contribution in [0.25, 0.3) is 0 Å². The van der Waals surface area contributed by atoms with Gasteiger partial charge in [0.25, 0.3) is 0 Å². The number of benzene rings is 2. The van der Waals surface area contributed by atoms with Gasteiger partial charge in [-0.15, -0.1) is 0 Å². The van der Waals surface area contributed by atoms with Gasteiger partial charge in [-0.3, -0.25) is 4.79 Å². The van der Waals surface area contributed by atoms with Gasteiger partial charge in [0, 0.05) is 10.0 Å². The predicted molar refractivity (Wildman–Crippen MR) is 92.5 cm³/mol. The summed E-state index contributed by atoms with van der Waals surface area (Å²) in [7, 11) is 1.55. The lowest BCUT2D eigenvalue weighted by molar-refractivity contribution is -0.148. The highest BCUT2D eigenvalue weighted by Gasteiger charge is 2.19. The van der Waals surface area contributed by atoms with Gasteiger partial charge in [0.2, 0.25) is 5.78 Å². The fourth-order valence-electron chi connectivity index (χ4n) is 1.95. The van der Waals surface area contributed by atoms with Gasteiger partial charge >= 0.3 is 5.97 Å². The molecule has 0 heterocycles. The number of rotatable bonds is 7. The molecule has 24 heavy (non-hydrogen) atoms. The van der Waals surface area contributed by atoms with Crippen LogP contribution in [0.3, 0.4) is 0 Å². The number of ether oxygens (including phenoxy) is 3. The van der Waals surface area contributed by atoms with Crippen molar-refractivity contribution in [3.05, 3.63) is 58.6 Å². The predicted octanol–water partition coefficient (Wildman–Crippen LogP) is 3.65. The van der Waals surface area contributed by atoms with E-state index in [1.165, 1.54) is 6.92 Å². The number of carbonyl (C=O) groups is 2. The fraction of sp³-hybridized carbons (Fsp3) is 0.222. The second-order valence-corrected chi connectivity index (χ2v) is 5.88. The number of carbonyl (C=O) groups excluding carboxylic acids is 2. The van der Waals surface area contributed by atoms with E-state index >= 15 is 0 Å². The van der Waals surface area contributed by atoms with Crippen molar-refractivity contribution in [2.24, 2.45) is 0 Å². The molecule has 0 N–H and O–H groups in total. The minimum atomic E-state index is -0.889. The van der Waals surface area contributed by atoms with Crippen molar-refractivity contribution in [1.82, 2.24) is 0 Å². The van der Waals surface area contributed by atoms with Crippen molar-refractivity contribution in [2.45, 2.75) is 13.0 Å². The molecule has 126 valence electrons. The highest BCUT2D eigenvalue weighted by molar-refractivity contribution is 9.10. The molecule has 0 aromatic heterocycles. The second kappa shape index (κ2) is 8.49. The van der Waals surface area contributed by atoms with Gasteiger partial charge in [-0.25, -0.2) is 4.79 Å². The third kappa shape index (κ3) is 5.09. The third-order valence-corrected chi connectivity index (χ3v) is 3.75. The van der Waals surface area contributed by atoms with E-state index in [4.69, 9.17) is 14.2 Å². The minimum Gasteiger partial charge on any atom is -0.497 e. The molecule has 0 fully saturated rings. The number of hydrogen-bond donors (Lipinski definition) is 0. The molecule has 0 aliphatic heterocycles. The zero-order valence-corrected chi connectivity index (χ0v) is 14.9. The van der Waals surface area contributed by atoms with Crippen LogP contribution < -0.4 is 9.47 Å². The molecule has 2 aromatic carbocycles. The largest absolute Gasteiger partial charge is 0.497 e. The molecule has 0 unspecified atom stereocenters. The van der Waals surface area contributed by atoms with Crippen LogP contribution >= 0.6 is 15.9 Å². The van der Waals surface area contributed by atoms with Gasteiger partial charge in [-0.1, -0.05) is 15.9 Å². The molecular formula is C18H17BrO5.